The summed E-state index contributed by atoms with van der Waals surface area (Å²) in [6.45, 7) is 7.59. The fourth-order valence-electron chi connectivity index (χ4n) is 1.70. The van der Waals surface area contributed by atoms with Gasteiger partial charge < -0.3 is 16.0 Å². The molecule has 0 rings (SSSR count). The molecule has 0 saturated carbocycles. The molecule has 0 fully saturated rings. The van der Waals surface area contributed by atoms with Crippen molar-refractivity contribution in [3.8, 4) is 0 Å². The van der Waals surface area contributed by atoms with Gasteiger partial charge in [-0.05, 0) is 20.3 Å². The Morgan fingerprint density at radius 3 is 2.24 bits per heavy atom. The van der Waals surface area contributed by atoms with E-state index in [-0.39, 0.29) is 24.3 Å². The highest BCUT2D eigenvalue weighted by molar-refractivity contribution is 5.85. The average Bonchev–Trinajstić information content (AvgIpc) is 2.34. The molecule has 0 aliphatic carbocycles. The number of rotatable bonds is 8. The van der Waals surface area contributed by atoms with E-state index in [1.807, 2.05) is 20.8 Å². The largest absolute Gasteiger partial charge is 0.347 e. The Kier molecular flexibility index (Phi) is 8.40. The molecule has 0 aromatic rings. The monoisotopic (exact) mass is 243 g/mol. The molecule has 100 valence electrons. The molecule has 5 heteroatoms. The SMILES string of the molecule is CCCC(CN)C(=O)NCC(=O)N(CC)CC. The Morgan fingerprint density at radius 1 is 1.24 bits per heavy atom. The predicted octanol–water partition coefficient (Wildman–Crippen LogP) is 0.346. The maximum atomic E-state index is 11.7. The van der Waals surface area contributed by atoms with Crippen LogP contribution in [0.15, 0.2) is 0 Å². The summed E-state index contributed by atoms with van der Waals surface area (Å²) in [5.74, 6) is -0.338. The summed E-state index contributed by atoms with van der Waals surface area (Å²) in [4.78, 5) is 25.1. The Balaban J connectivity index is 4.09. The lowest BCUT2D eigenvalue weighted by molar-refractivity contribution is -0.133. The van der Waals surface area contributed by atoms with Gasteiger partial charge in [0.05, 0.1) is 12.5 Å². The summed E-state index contributed by atoms with van der Waals surface area (Å²) in [6, 6.07) is 0. The fraction of sp³-hybridized carbons (Fsp3) is 0.833. The standard InChI is InChI=1S/C12H25N3O2/c1-4-7-10(8-13)12(17)14-9-11(16)15(5-2)6-3/h10H,4-9,13H2,1-3H3,(H,14,17). The van der Waals surface area contributed by atoms with Gasteiger partial charge >= 0.3 is 0 Å². The van der Waals surface area contributed by atoms with E-state index < -0.39 is 0 Å². The number of amides is 2. The molecule has 0 spiro atoms. The van der Waals surface area contributed by atoms with Crippen molar-refractivity contribution in [3.05, 3.63) is 0 Å². The lowest BCUT2D eigenvalue weighted by atomic mass is 10.0. The molecule has 0 aromatic carbocycles. The van der Waals surface area contributed by atoms with Gasteiger partial charge in [-0.1, -0.05) is 13.3 Å². The highest BCUT2D eigenvalue weighted by Crippen LogP contribution is 2.04. The minimum Gasteiger partial charge on any atom is -0.347 e. The first-order valence-corrected chi connectivity index (χ1v) is 6.36. The Labute approximate surface area is 104 Å². The molecule has 0 heterocycles. The van der Waals surface area contributed by atoms with Crippen LogP contribution in [0.1, 0.15) is 33.6 Å². The second-order valence-electron chi connectivity index (χ2n) is 4.01. The molecule has 0 aromatic heterocycles. The summed E-state index contributed by atoms with van der Waals surface area (Å²) >= 11 is 0. The number of likely N-dealkylation sites (N-methyl/N-ethyl adjacent to an activating group) is 1. The van der Waals surface area contributed by atoms with Gasteiger partial charge in [-0.2, -0.15) is 0 Å². The third-order valence-electron chi connectivity index (χ3n) is 2.82. The highest BCUT2D eigenvalue weighted by atomic mass is 16.2. The van der Waals surface area contributed by atoms with Gasteiger partial charge in [0.15, 0.2) is 0 Å². The number of hydrogen-bond acceptors (Lipinski definition) is 3. The number of carbonyl (C=O) groups excluding carboxylic acids is 2. The normalized spacial score (nSPS) is 12.0. The first-order chi connectivity index (χ1) is 8.10. The van der Waals surface area contributed by atoms with Gasteiger partial charge in [-0.15, -0.1) is 0 Å². The van der Waals surface area contributed by atoms with Crippen molar-refractivity contribution in [2.24, 2.45) is 11.7 Å². The first-order valence-electron chi connectivity index (χ1n) is 6.36. The lowest BCUT2D eigenvalue weighted by Crippen LogP contribution is -2.43. The van der Waals surface area contributed by atoms with E-state index >= 15 is 0 Å². The topological polar surface area (TPSA) is 75.4 Å². The Morgan fingerprint density at radius 2 is 1.82 bits per heavy atom. The predicted molar refractivity (Wildman–Crippen MR) is 68.4 cm³/mol. The van der Waals surface area contributed by atoms with Crippen LogP contribution in [0.3, 0.4) is 0 Å². The van der Waals surface area contributed by atoms with Crippen LogP contribution in [0.5, 0.6) is 0 Å². The van der Waals surface area contributed by atoms with Crippen LogP contribution in [0, 0.1) is 5.92 Å². The van der Waals surface area contributed by atoms with Gasteiger partial charge in [0, 0.05) is 19.6 Å². The van der Waals surface area contributed by atoms with Gasteiger partial charge in [-0.3, -0.25) is 9.59 Å². The summed E-state index contributed by atoms with van der Waals surface area (Å²) in [7, 11) is 0. The molecule has 3 N–H and O–H groups in total. The van der Waals surface area contributed by atoms with Crippen LogP contribution >= 0.6 is 0 Å². The molecule has 0 bridgehead atoms. The highest BCUT2D eigenvalue weighted by Gasteiger charge is 2.17. The minimum absolute atomic E-state index is 0.0457. The van der Waals surface area contributed by atoms with Gasteiger partial charge in [0.2, 0.25) is 11.8 Å². The maximum absolute atomic E-state index is 11.7. The maximum Gasteiger partial charge on any atom is 0.241 e. The smallest absolute Gasteiger partial charge is 0.241 e. The fourth-order valence-corrected chi connectivity index (χ4v) is 1.70. The second kappa shape index (κ2) is 8.98. The molecule has 1 unspecified atom stereocenters. The zero-order valence-electron chi connectivity index (χ0n) is 11.2. The molecular formula is C12H25N3O2. The van der Waals surface area contributed by atoms with E-state index in [9.17, 15) is 9.59 Å². The number of nitrogens with one attached hydrogen (secondary N) is 1. The summed E-state index contributed by atoms with van der Waals surface area (Å²) in [5, 5.41) is 2.66. The molecular weight excluding hydrogens is 218 g/mol. The van der Waals surface area contributed by atoms with Crippen LogP contribution in [-0.2, 0) is 9.59 Å². The average molecular weight is 243 g/mol. The quantitative estimate of drug-likeness (QED) is 0.646. The molecule has 0 radical (unpaired) electrons. The van der Waals surface area contributed by atoms with Gasteiger partial charge in [0.25, 0.3) is 0 Å². The molecule has 1 atom stereocenters. The third kappa shape index (κ3) is 5.68. The van der Waals surface area contributed by atoms with Crippen molar-refractivity contribution >= 4 is 11.8 Å². The zero-order valence-corrected chi connectivity index (χ0v) is 11.2. The second-order valence-corrected chi connectivity index (χ2v) is 4.01. The van der Waals surface area contributed by atoms with Gasteiger partial charge in [-0.25, -0.2) is 0 Å². The van der Waals surface area contributed by atoms with E-state index in [1.54, 1.807) is 4.90 Å². The van der Waals surface area contributed by atoms with E-state index in [1.165, 1.54) is 0 Å². The van der Waals surface area contributed by atoms with Crippen LogP contribution in [0.4, 0.5) is 0 Å². The van der Waals surface area contributed by atoms with Crippen molar-refractivity contribution in [1.82, 2.24) is 10.2 Å². The summed E-state index contributed by atoms with van der Waals surface area (Å²) in [6.07, 6.45) is 1.68. The van der Waals surface area contributed by atoms with Crippen molar-refractivity contribution < 1.29 is 9.59 Å². The van der Waals surface area contributed by atoms with E-state index in [0.717, 1.165) is 12.8 Å². The van der Waals surface area contributed by atoms with Crippen molar-refractivity contribution in [1.29, 1.82) is 0 Å². The molecule has 5 nitrogen and oxygen atoms in total. The zero-order chi connectivity index (χ0) is 13.3. The third-order valence-corrected chi connectivity index (χ3v) is 2.82. The number of hydrogen-bond donors (Lipinski definition) is 2. The minimum atomic E-state index is -0.176. The molecule has 2 amide bonds. The summed E-state index contributed by atoms with van der Waals surface area (Å²) in [5.41, 5.74) is 5.52. The number of nitrogens with two attached hydrogens (primary N) is 1. The van der Waals surface area contributed by atoms with E-state index in [4.69, 9.17) is 5.73 Å². The van der Waals surface area contributed by atoms with E-state index in [2.05, 4.69) is 5.32 Å². The summed E-state index contributed by atoms with van der Waals surface area (Å²) < 4.78 is 0. The number of carbonyl (C=O) groups is 2. The first kappa shape index (κ1) is 15.9. The van der Waals surface area contributed by atoms with Crippen molar-refractivity contribution in [3.63, 3.8) is 0 Å². The molecule has 17 heavy (non-hydrogen) atoms. The number of nitrogens with zero attached hydrogens (tertiary/aromatic N) is 1. The Bertz CT molecular complexity index is 240. The van der Waals surface area contributed by atoms with Crippen molar-refractivity contribution in [2.45, 2.75) is 33.6 Å². The van der Waals surface area contributed by atoms with Crippen LogP contribution in [0.25, 0.3) is 0 Å². The van der Waals surface area contributed by atoms with Crippen LogP contribution in [-0.4, -0.2) is 42.9 Å². The van der Waals surface area contributed by atoms with Crippen LogP contribution < -0.4 is 11.1 Å². The van der Waals surface area contributed by atoms with Gasteiger partial charge in [0.1, 0.15) is 0 Å². The lowest BCUT2D eigenvalue weighted by Gasteiger charge is -2.20. The van der Waals surface area contributed by atoms with E-state index in [0.29, 0.717) is 19.6 Å². The van der Waals surface area contributed by atoms with Crippen LogP contribution in [0.2, 0.25) is 0 Å². The molecule has 0 aliphatic heterocycles. The molecule has 0 aliphatic rings. The van der Waals surface area contributed by atoms with Crippen molar-refractivity contribution in [2.75, 3.05) is 26.2 Å². The molecule has 0 saturated heterocycles. The Hall–Kier alpha value is -1.10.